The third-order valence-corrected chi connectivity index (χ3v) is 8.22. The molecule has 0 radical (unpaired) electrons. The molecule has 1 aromatic heterocycles. The van der Waals surface area contributed by atoms with Crippen LogP contribution in [0.25, 0.3) is 6.08 Å². The second-order valence-corrected chi connectivity index (χ2v) is 11.7. The lowest BCUT2D eigenvalue weighted by atomic mass is 9.73. The van der Waals surface area contributed by atoms with Crippen molar-refractivity contribution in [2.45, 2.75) is 97.2 Å². The minimum absolute atomic E-state index is 0.0475. The molecule has 0 saturated carbocycles. The zero-order valence-electron chi connectivity index (χ0n) is 21.3. The lowest BCUT2D eigenvalue weighted by Gasteiger charge is -2.34. The Labute approximate surface area is 211 Å². The van der Waals surface area contributed by atoms with E-state index in [9.17, 15) is 24.9 Å². The second kappa shape index (κ2) is 11.6. The third-order valence-electron chi connectivity index (χ3n) is 7.43. The maximum absolute atomic E-state index is 13.2. The Hall–Kier alpha value is -1.65. The zero-order valence-corrected chi connectivity index (χ0v) is 22.1. The molecule has 2 fully saturated rings. The van der Waals surface area contributed by atoms with Gasteiger partial charge in [0.15, 0.2) is 0 Å². The summed E-state index contributed by atoms with van der Waals surface area (Å²) in [5.74, 6) is -1.75. The van der Waals surface area contributed by atoms with E-state index in [1.807, 2.05) is 19.2 Å². The fraction of sp³-hybridized carbons (Fsp3) is 0.731. The molecule has 35 heavy (non-hydrogen) atoms. The lowest BCUT2D eigenvalue weighted by molar-refractivity contribution is -0.150. The number of nitrogens with zero attached hydrogens (tertiary/aromatic N) is 1. The number of ketones is 1. The minimum atomic E-state index is -1.27. The van der Waals surface area contributed by atoms with E-state index >= 15 is 0 Å². The largest absolute Gasteiger partial charge is 0.461 e. The van der Waals surface area contributed by atoms with Crippen LogP contribution in [0.5, 0.6) is 0 Å². The number of ether oxygens (including phenoxy) is 2. The van der Waals surface area contributed by atoms with Gasteiger partial charge in [-0.25, -0.2) is 4.98 Å². The Kier molecular flexibility index (Phi) is 9.26. The van der Waals surface area contributed by atoms with Gasteiger partial charge in [0.2, 0.25) is 0 Å². The van der Waals surface area contributed by atoms with E-state index in [2.05, 4.69) is 4.98 Å². The number of carbonyl (C=O) groups excluding carboxylic acids is 2. The summed E-state index contributed by atoms with van der Waals surface area (Å²) < 4.78 is 11.2. The first kappa shape index (κ1) is 27.9. The molecule has 0 spiro atoms. The van der Waals surface area contributed by atoms with Gasteiger partial charge in [-0.3, -0.25) is 9.59 Å². The quantitative estimate of drug-likeness (QED) is 0.389. The maximum atomic E-state index is 13.2. The molecule has 2 saturated heterocycles. The van der Waals surface area contributed by atoms with Gasteiger partial charge < -0.3 is 24.8 Å². The zero-order chi connectivity index (χ0) is 25.9. The number of aliphatic hydroxyl groups excluding tert-OH is 3. The molecule has 3 N–H and O–H groups in total. The van der Waals surface area contributed by atoms with Crippen LogP contribution in [-0.2, 0) is 19.1 Å². The molecule has 8 nitrogen and oxygen atoms in total. The molecule has 1 aromatic rings. The number of hydrogen-bond donors (Lipinski definition) is 3. The number of epoxide rings is 1. The van der Waals surface area contributed by atoms with Crippen LogP contribution in [0.3, 0.4) is 0 Å². The fourth-order valence-corrected chi connectivity index (χ4v) is 5.30. The summed E-state index contributed by atoms with van der Waals surface area (Å²) in [6.07, 6.45) is 1.09. The smallest absolute Gasteiger partial charge is 0.308 e. The molecule has 0 aliphatic carbocycles. The SMILES string of the molecule is Cc1nc(/C=C2\COC(=O)C[C@H](O)C(C)(C)C(=O)[C@H](C)C(O)[C@@H](C)CCC[C@H]3O[C@H]3C[C@H]2O)cs1. The number of esters is 1. The number of carbonyl (C=O) groups is 2. The standard InChI is InChI=1S/C26H39NO7S/c1-14-7-6-8-20-21(34-20)10-19(28)17(9-18-13-35-16(3)27-18)12-33-23(30)11-22(29)26(4,5)25(32)15(2)24(14)31/h9,13-15,19-22,24,28-29,31H,6-8,10-12H2,1-5H3/b17-9+/t14-,15+,19+,20+,21-,22-,24?/m0/s1. The molecule has 3 heterocycles. The Morgan fingerprint density at radius 1 is 1.14 bits per heavy atom. The van der Waals surface area contributed by atoms with E-state index in [-0.39, 0.29) is 36.9 Å². The molecule has 1 unspecified atom stereocenters. The van der Waals surface area contributed by atoms with Crippen molar-refractivity contribution in [3.63, 3.8) is 0 Å². The van der Waals surface area contributed by atoms with E-state index in [0.717, 1.165) is 24.3 Å². The van der Waals surface area contributed by atoms with Gasteiger partial charge in [-0.05, 0) is 37.3 Å². The number of aryl methyl sites for hydroxylation is 1. The molecule has 2 aliphatic rings. The number of aromatic nitrogens is 1. The average Bonchev–Trinajstić information content (AvgIpc) is 3.40. The normalized spacial score (nSPS) is 36.7. The molecule has 0 amide bonds. The summed E-state index contributed by atoms with van der Waals surface area (Å²) in [5.41, 5.74) is -0.0498. The van der Waals surface area contributed by atoms with E-state index in [1.165, 1.54) is 11.3 Å². The van der Waals surface area contributed by atoms with Crippen LogP contribution in [0.1, 0.15) is 70.5 Å². The molecule has 2 aliphatic heterocycles. The number of hydrogen-bond acceptors (Lipinski definition) is 9. The molecule has 0 bridgehead atoms. The van der Waals surface area contributed by atoms with Crippen LogP contribution in [0.4, 0.5) is 0 Å². The minimum Gasteiger partial charge on any atom is -0.461 e. The first-order valence-electron chi connectivity index (χ1n) is 12.4. The fourth-order valence-electron chi connectivity index (χ4n) is 4.73. The number of thiazole rings is 1. The summed E-state index contributed by atoms with van der Waals surface area (Å²) >= 11 is 1.49. The van der Waals surface area contributed by atoms with Crippen LogP contribution in [0.2, 0.25) is 0 Å². The first-order valence-corrected chi connectivity index (χ1v) is 13.3. The van der Waals surface area contributed by atoms with E-state index in [1.54, 1.807) is 26.8 Å². The van der Waals surface area contributed by atoms with Crippen LogP contribution >= 0.6 is 11.3 Å². The van der Waals surface area contributed by atoms with Crippen LogP contribution in [0, 0.1) is 24.2 Å². The van der Waals surface area contributed by atoms with Crippen molar-refractivity contribution in [2.75, 3.05) is 6.61 Å². The number of aliphatic hydroxyl groups is 3. The van der Waals surface area contributed by atoms with Gasteiger partial charge in [0.05, 0.1) is 53.1 Å². The highest BCUT2D eigenvalue weighted by atomic mass is 32.1. The Bertz CT molecular complexity index is 927. The average molecular weight is 510 g/mol. The van der Waals surface area contributed by atoms with Crippen molar-refractivity contribution in [1.29, 1.82) is 0 Å². The van der Waals surface area contributed by atoms with Gasteiger partial charge in [-0.1, -0.05) is 34.1 Å². The highest BCUT2D eigenvalue weighted by molar-refractivity contribution is 7.09. The Morgan fingerprint density at radius 2 is 1.86 bits per heavy atom. The predicted molar refractivity (Wildman–Crippen MR) is 133 cm³/mol. The van der Waals surface area contributed by atoms with Gasteiger partial charge >= 0.3 is 5.97 Å². The molecular formula is C26H39NO7S. The molecular weight excluding hydrogens is 470 g/mol. The van der Waals surface area contributed by atoms with Crippen molar-refractivity contribution in [3.05, 3.63) is 21.7 Å². The van der Waals surface area contributed by atoms with Crippen molar-refractivity contribution in [3.8, 4) is 0 Å². The maximum Gasteiger partial charge on any atom is 0.308 e. The Balaban J connectivity index is 1.80. The highest BCUT2D eigenvalue weighted by Crippen LogP contribution is 2.35. The van der Waals surface area contributed by atoms with Gasteiger partial charge in [0.25, 0.3) is 0 Å². The van der Waals surface area contributed by atoms with Crippen molar-refractivity contribution in [2.24, 2.45) is 17.3 Å². The van der Waals surface area contributed by atoms with Gasteiger partial charge in [0, 0.05) is 17.7 Å². The van der Waals surface area contributed by atoms with Crippen LogP contribution in [0.15, 0.2) is 11.0 Å². The third kappa shape index (κ3) is 7.20. The summed E-state index contributed by atoms with van der Waals surface area (Å²) in [5, 5.41) is 35.2. The predicted octanol–water partition coefficient (Wildman–Crippen LogP) is 3.06. The number of Topliss-reactive ketones (excluding diaryl/α,β-unsaturated/α-hetero) is 1. The summed E-state index contributed by atoms with van der Waals surface area (Å²) in [7, 11) is 0. The van der Waals surface area contributed by atoms with Crippen molar-refractivity contribution >= 4 is 29.2 Å². The van der Waals surface area contributed by atoms with Crippen molar-refractivity contribution < 1.29 is 34.4 Å². The number of rotatable bonds is 1. The topological polar surface area (TPSA) is 129 Å². The number of fused-ring (bicyclic) bond motifs is 1. The van der Waals surface area contributed by atoms with Gasteiger partial charge in [-0.15, -0.1) is 11.3 Å². The van der Waals surface area contributed by atoms with E-state index < -0.39 is 35.6 Å². The summed E-state index contributed by atoms with van der Waals surface area (Å²) in [6, 6.07) is 0. The molecule has 196 valence electrons. The monoisotopic (exact) mass is 509 g/mol. The van der Waals surface area contributed by atoms with Crippen LogP contribution < -0.4 is 0 Å². The molecule has 7 atom stereocenters. The summed E-state index contributed by atoms with van der Waals surface area (Å²) in [4.78, 5) is 30.1. The highest BCUT2D eigenvalue weighted by Gasteiger charge is 2.43. The van der Waals surface area contributed by atoms with Crippen LogP contribution in [-0.4, -0.2) is 69.2 Å². The van der Waals surface area contributed by atoms with Crippen molar-refractivity contribution in [1.82, 2.24) is 4.98 Å². The first-order chi connectivity index (χ1) is 16.4. The summed E-state index contributed by atoms with van der Waals surface area (Å²) in [6.45, 7) is 8.50. The lowest BCUT2D eigenvalue weighted by Crippen LogP contribution is -2.45. The molecule has 9 heteroatoms. The van der Waals surface area contributed by atoms with E-state index in [0.29, 0.717) is 17.7 Å². The van der Waals surface area contributed by atoms with E-state index in [4.69, 9.17) is 9.47 Å². The molecule has 0 aromatic carbocycles. The molecule has 3 rings (SSSR count). The van der Waals surface area contributed by atoms with Gasteiger partial charge in [-0.2, -0.15) is 0 Å². The second-order valence-electron chi connectivity index (χ2n) is 10.6. The number of cyclic esters (lactones) is 1. The Morgan fingerprint density at radius 3 is 2.51 bits per heavy atom. The van der Waals surface area contributed by atoms with Gasteiger partial charge in [0.1, 0.15) is 12.4 Å².